The van der Waals surface area contributed by atoms with Gasteiger partial charge in [0.2, 0.25) is 0 Å². The molecule has 1 aromatic rings. The van der Waals surface area contributed by atoms with Crippen LogP contribution < -0.4 is 5.32 Å². The fourth-order valence-corrected chi connectivity index (χ4v) is 1.08. The number of hydrogen-bond acceptors (Lipinski definition) is 3. The minimum atomic E-state index is -0.790. The maximum Gasteiger partial charge on any atom is 0.127 e. The third-order valence-corrected chi connectivity index (χ3v) is 1.86. The quantitative estimate of drug-likeness (QED) is 0.638. The lowest BCUT2D eigenvalue weighted by atomic mass is 10.2. The highest BCUT2D eigenvalue weighted by atomic mass is 19.1. The van der Waals surface area contributed by atoms with E-state index in [0.29, 0.717) is 12.1 Å². The van der Waals surface area contributed by atoms with Crippen LogP contribution in [0.1, 0.15) is 5.56 Å². The highest BCUT2D eigenvalue weighted by Crippen LogP contribution is 2.05. The van der Waals surface area contributed by atoms with Gasteiger partial charge in [0.15, 0.2) is 0 Å². The second kappa shape index (κ2) is 5.70. The maximum atomic E-state index is 13.0. The molecule has 0 bridgehead atoms. The Kier molecular flexibility index (Phi) is 4.52. The Labute approximate surface area is 82.2 Å². The van der Waals surface area contributed by atoms with Gasteiger partial charge in [-0.2, -0.15) is 0 Å². The van der Waals surface area contributed by atoms with Crippen LogP contribution in [0, 0.1) is 5.82 Å². The lowest BCUT2D eigenvalue weighted by Crippen LogP contribution is -2.29. The Morgan fingerprint density at radius 2 is 2.07 bits per heavy atom. The molecular weight excluding hydrogens is 185 g/mol. The van der Waals surface area contributed by atoms with E-state index in [0.717, 1.165) is 0 Å². The fourth-order valence-electron chi connectivity index (χ4n) is 1.08. The molecule has 14 heavy (non-hydrogen) atoms. The predicted octanol–water partition coefficient (Wildman–Crippen LogP) is 0.268. The van der Waals surface area contributed by atoms with Gasteiger partial charge in [-0.25, -0.2) is 4.39 Å². The van der Waals surface area contributed by atoms with Crippen molar-refractivity contribution in [3.8, 4) is 0 Å². The Balaban J connectivity index is 2.35. The van der Waals surface area contributed by atoms with E-state index < -0.39 is 6.10 Å². The van der Waals surface area contributed by atoms with E-state index in [9.17, 15) is 4.39 Å². The summed E-state index contributed by atoms with van der Waals surface area (Å²) in [5.41, 5.74) is 0.553. The molecule has 4 heteroatoms. The van der Waals surface area contributed by atoms with Gasteiger partial charge in [0.1, 0.15) is 5.82 Å². The van der Waals surface area contributed by atoms with Crippen LogP contribution in [0.25, 0.3) is 0 Å². The summed E-state index contributed by atoms with van der Waals surface area (Å²) < 4.78 is 13.0. The average molecular weight is 199 g/mol. The second-order valence-electron chi connectivity index (χ2n) is 3.06. The zero-order chi connectivity index (χ0) is 10.4. The van der Waals surface area contributed by atoms with Crippen molar-refractivity contribution in [1.82, 2.24) is 5.32 Å². The topological polar surface area (TPSA) is 52.5 Å². The van der Waals surface area contributed by atoms with E-state index >= 15 is 0 Å². The van der Waals surface area contributed by atoms with Crippen LogP contribution in [-0.2, 0) is 6.54 Å². The molecule has 1 aromatic carbocycles. The maximum absolute atomic E-state index is 13.0. The molecule has 0 radical (unpaired) electrons. The molecule has 0 saturated heterocycles. The number of nitrogens with one attached hydrogen (secondary N) is 1. The molecule has 0 fully saturated rings. The predicted molar refractivity (Wildman–Crippen MR) is 51.2 cm³/mol. The van der Waals surface area contributed by atoms with E-state index in [-0.39, 0.29) is 19.0 Å². The van der Waals surface area contributed by atoms with Crippen molar-refractivity contribution in [1.29, 1.82) is 0 Å². The normalized spacial score (nSPS) is 12.8. The zero-order valence-corrected chi connectivity index (χ0v) is 7.78. The molecule has 0 spiro atoms. The van der Waals surface area contributed by atoms with Gasteiger partial charge in [-0.15, -0.1) is 0 Å². The van der Waals surface area contributed by atoms with Gasteiger partial charge in [0.25, 0.3) is 0 Å². The fraction of sp³-hybridized carbons (Fsp3) is 0.400. The Morgan fingerprint density at radius 3 is 2.71 bits per heavy atom. The summed E-state index contributed by atoms with van der Waals surface area (Å²) in [5.74, 6) is -0.265. The molecule has 1 atom stereocenters. The van der Waals surface area contributed by atoms with Crippen LogP contribution in [0.15, 0.2) is 24.3 Å². The third-order valence-electron chi connectivity index (χ3n) is 1.86. The lowest BCUT2D eigenvalue weighted by Gasteiger charge is -2.09. The summed E-state index contributed by atoms with van der Waals surface area (Å²) in [6.07, 6.45) is -0.790. The second-order valence-corrected chi connectivity index (χ2v) is 3.06. The molecule has 0 aliphatic heterocycles. The monoisotopic (exact) mass is 199 g/mol. The third kappa shape index (κ3) is 3.41. The number of rotatable bonds is 5. The Hall–Kier alpha value is -0.970. The molecule has 3 nitrogen and oxygen atoms in total. The van der Waals surface area contributed by atoms with Gasteiger partial charge in [-0.05, 0) is 6.07 Å². The highest BCUT2D eigenvalue weighted by molar-refractivity contribution is 5.16. The van der Waals surface area contributed by atoms with Gasteiger partial charge >= 0.3 is 0 Å². The number of benzene rings is 1. The first-order chi connectivity index (χ1) is 6.74. The van der Waals surface area contributed by atoms with E-state index in [1.165, 1.54) is 6.07 Å². The summed E-state index contributed by atoms with van der Waals surface area (Å²) in [6.45, 7) is 0.318. The average Bonchev–Trinajstić information content (AvgIpc) is 2.20. The molecule has 0 aliphatic carbocycles. The first kappa shape index (κ1) is 11.1. The number of aliphatic hydroxyl groups is 2. The number of aliphatic hydroxyl groups excluding tert-OH is 2. The molecule has 3 N–H and O–H groups in total. The van der Waals surface area contributed by atoms with Crippen molar-refractivity contribution in [3.63, 3.8) is 0 Å². The van der Waals surface area contributed by atoms with Crippen LogP contribution in [0.4, 0.5) is 4.39 Å². The molecule has 1 rings (SSSR count). The Bertz CT molecular complexity index is 281. The molecule has 0 saturated carbocycles. The SMILES string of the molecule is OCC(O)CNCc1ccccc1F. The smallest absolute Gasteiger partial charge is 0.127 e. The van der Waals surface area contributed by atoms with Gasteiger partial charge < -0.3 is 15.5 Å². The Morgan fingerprint density at radius 1 is 1.36 bits per heavy atom. The van der Waals surface area contributed by atoms with Crippen LogP contribution in [0.3, 0.4) is 0 Å². The van der Waals surface area contributed by atoms with E-state index in [2.05, 4.69) is 5.32 Å². The molecule has 78 valence electrons. The summed E-state index contributed by atoms with van der Waals surface area (Å²) in [4.78, 5) is 0. The molecular formula is C10H14FNO2. The van der Waals surface area contributed by atoms with Crippen LogP contribution in [0.2, 0.25) is 0 Å². The van der Waals surface area contributed by atoms with E-state index in [4.69, 9.17) is 10.2 Å². The number of halogens is 1. The van der Waals surface area contributed by atoms with Crippen molar-refractivity contribution in [2.45, 2.75) is 12.6 Å². The van der Waals surface area contributed by atoms with Gasteiger partial charge in [-0.1, -0.05) is 18.2 Å². The standard InChI is InChI=1S/C10H14FNO2/c11-10-4-2-1-3-8(10)5-12-6-9(14)7-13/h1-4,9,12-14H,5-7H2. The van der Waals surface area contributed by atoms with Crippen molar-refractivity contribution < 1.29 is 14.6 Å². The van der Waals surface area contributed by atoms with E-state index in [1.807, 2.05) is 0 Å². The van der Waals surface area contributed by atoms with Gasteiger partial charge in [0, 0.05) is 18.7 Å². The summed E-state index contributed by atoms with van der Waals surface area (Å²) in [7, 11) is 0. The molecule has 0 heterocycles. The van der Waals surface area contributed by atoms with Crippen LogP contribution >= 0.6 is 0 Å². The first-order valence-corrected chi connectivity index (χ1v) is 4.47. The van der Waals surface area contributed by atoms with Crippen molar-refractivity contribution in [2.75, 3.05) is 13.2 Å². The molecule has 0 amide bonds. The lowest BCUT2D eigenvalue weighted by molar-refractivity contribution is 0.0941. The van der Waals surface area contributed by atoms with Crippen LogP contribution in [0.5, 0.6) is 0 Å². The highest BCUT2D eigenvalue weighted by Gasteiger charge is 2.02. The van der Waals surface area contributed by atoms with Gasteiger partial charge in [-0.3, -0.25) is 0 Å². The van der Waals surface area contributed by atoms with Gasteiger partial charge in [0.05, 0.1) is 12.7 Å². The summed E-state index contributed by atoms with van der Waals surface area (Å²) in [5, 5.41) is 20.4. The minimum absolute atomic E-state index is 0.255. The van der Waals surface area contributed by atoms with Crippen molar-refractivity contribution in [3.05, 3.63) is 35.6 Å². The summed E-state index contributed by atoms with van der Waals surface area (Å²) in [6, 6.07) is 6.44. The molecule has 0 aromatic heterocycles. The number of hydrogen-bond donors (Lipinski definition) is 3. The summed E-state index contributed by atoms with van der Waals surface area (Å²) >= 11 is 0. The van der Waals surface area contributed by atoms with Crippen molar-refractivity contribution in [2.24, 2.45) is 0 Å². The zero-order valence-electron chi connectivity index (χ0n) is 7.78. The van der Waals surface area contributed by atoms with Crippen molar-refractivity contribution >= 4 is 0 Å². The van der Waals surface area contributed by atoms with E-state index in [1.54, 1.807) is 18.2 Å². The first-order valence-electron chi connectivity index (χ1n) is 4.47. The largest absolute Gasteiger partial charge is 0.394 e. The molecule has 0 aliphatic rings. The minimum Gasteiger partial charge on any atom is -0.394 e. The molecule has 1 unspecified atom stereocenters. The van der Waals surface area contributed by atoms with Crippen LogP contribution in [-0.4, -0.2) is 29.5 Å².